The summed E-state index contributed by atoms with van der Waals surface area (Å²) in [4.78, 5) is 14.2. The fourth-order valence-electron chi connectivity index (χ4n) is 4.17. The summed E-state index contributed by atoms with van der Waals surface area (Å²) < 4.78 is 13.3. The molecule has 0 aliphatic carbocycles. The van der Waals surface area contributed by atoms with Crippen LogP contribution in [0.15, 0.2) is 4.79 Å². The topological polar surface area (TPSA) is 72.4 Å². The van der Waals surface area contributed by atoms with Gasteiger partial charge in [-0.1, -0.05) is 0 Å². The molecule has 3 fully saturated rings. The van der Waals surface area contributed by atoms with Gasteiger partial charge in [0.15, 0.2) is 0 Å². The van der Waals surface area contributed by atoms with E-state index in [1.165, 1.54) is 0 Å². The van der Waals surface area contributed by atoms with E-state index in [1.54, 1.807) is 4.57 Å². The number of aromatic nitrogens is 3. The molecule has 1 aromatic heterocycles. The van der Waals surface area contributed by atoms with Gasteiger partial charge in [-0.3, -0.25) is 4.57 Å². The summed E-state index contributed by atoms with van der Waals surface area (Å²) in [5, 5.41) is 6.83. The Labute approximate surface area is 135 Å². The molecule has 1 aromatic rings. The molecule has 0 amide bonds. The van der Waals surface area contributed by atoms with E-state index in [4.69, 9.17) is 9.47 Å². The zero-order valence-corrected chi connectivity index (χ0v) is 13.8. The number of aromatic amines is 1. The molecule has 1 N–H and O–H groups in total. The number of piperidine rings is 1. The molecule has 4 rings (SSSR count). The zero-order valence-electron chi connectivity index (χ0n) is 13.8. The highest BCUT2D eigenvalue weighted by Gasteiger charge is 2.46. The Morgan fingerprint density at radius 2 is 2.09 bits per heavy atom. The summed E-state index contributed by atoms with van der Waals surface area (Å²) in [5.41, 5.74) is -0.0350. The first-order chi connectivity index (χ1) is 11.2. The highest BCUT2D eigenvalue weighted by molar-refractivity contribution is 5.00. The molecule has 4 heterocycles. The molecule has 1 atom stereocenters. The average molecular weight is 322 g/mol. The predicted molar refractivity (Wildman–Crippen MR) is 84.6 cm³/mol. The van der Waals surface area contributed by atoms with Crippen LogP contribution in [-0.4, -0.2) is 64.2 Å². The van der Waals surface area contributed by atoms with Crippen molar-refractivity contribution in [1.29, 1.82) is 0 Å². The Kier molecular flexibility index (Phi) is 4.03. The van der Waals surface area contributed by atoms with Crippen LogP contribution in [0.4, 0.5) is 0 Å². The number of H-pyrrole nitrogens is 1. The van der Waals surface area contributed by atoms with Gasteiger partial charge in [-0.05, 0) is 45.7 Å². The minimum atomic E-state index is -0.0858. The SMILES string of the molecule is CCn1c(C2CCN(CC3CCC4(COC4)O3)CC2)n[nH]c1=O. The van der Waals surface area contributed by atoms with Crippen LogP contribution < -0.4 is 5.69 Å². The molecule has 7 nitrogen and oxygen atoms in total. The van der Waals surface area contributed by atoms with Crippen molar-refractivity contribution >= 4 is 0 Å². The predicted octanol–water partition coefficient (Wildman–Crippen LogP) is 0.719. The van der Waals surface area contributed by atoms with Crippen LogP contribution in [0, 0.1) is 0 Å². The van der Waals surface area contributed by atoms with Crippen molar-refractivity contribution < 1.29 is 9.47 Å². The largest absolute Gasteiger partial charge is 0.375 e. The molecule has 23 heavy (non-hydrogen) atoms. The lowest BCUT2D eigenvalue weighted by atomic mass is 9.95. The molecule has 3 aliphatic heterocycles. The van der Waals surface area contributed by atoms with E-state index in [-0.39, 0.29) is 11.3 Å². The summed E-state index contributed by atoms with van der Waals surface area (Å²) >= 11 is 0. The first kappa shape index (κ1) is 15.4. The van der Waals surface area contributed by atoms with Crippen molar-refractivity contribution in [1.82, 2.24) is 19.7 Å². The molecule has 1 spiro atoms. The molecule has 3 saturated heterocycles. The third-order valence-electron chi connectivity index (χ3n) is 5.59. The fraction of sp³-hybridized carbons (Fsp3) is 0.875. The summed E-state index contributed by atoms with van der Waals surface area (Å²) in [5.74, 6) is 1.32. The normalized spacial score (nSPS) is 28.3. The van der Waals surface area contributed by atoms with Crippen LogP contribution in [0.3, 0.4) is 0 Å². The van der Waals surface area contributed by atoms with E-state index < -0.39 is 0 Å². The second-order valence-corrected chi connectivity index (χ2v) is 7.16. The van der Waals surface area contributed by atoms with Crippen LogP contribution in [0.5, 0.6) is 0 Å². The summed E-state index contributed by atoms with van der Waals surface area (Å²) in [6, 6.07) is 0. The molecule has 128 valence electrons. The molecule has 3 aliphatic rings. The van der Waals surface area contributed by atoms with Gasteiger partial charge in [-0.25, -0.2) is 9.89 Å². The lowest BCUT2D eigenvalue weighted by molar-refractivity contribution is -0.202. The number of nitrogens with zero attached hydrogens (tertiary/aromatic N) is 3. The van der Waals surface area contributed by atoms with E-state index >= 15 is 0 Å². The molecular formula is C16H26N4O3. The molecule has 0 radical (unpaired) electrons. The third kappa shape index (κ3) is 2.86. The van der Waals surface area contributed by atoms with Gasteiger partial charge in [0.25, 0.3) is 0 Å². The maximum absolute atomic E-state index is 11.7. The quantitative estimate of drug-likeness (QED) is 0.884. The van der Waals surface area contributed by atoms with Crippen molar-refractivity contribution in [3.63, 3.8) is 0 Å². The number of rotatable bonds is 4. The number of hydrogen-bond acceptors (Lipinski definition) is 5. The summed E-state index contributed by atoms with van der Waals surface area (Å²) in [7, 11) is 0. The van der Waals surface area contributed by atoms with Gasteiger partial charge in [-0.15, -0.1) is 0 Å². The maximum atomic E-state index is 11.7. The average Bonchev–Trinajstić information content (AvgIpc) is 3.12. The van der Waals surface area contributed by atoms with E-state index in [0.29, 0.717) is 18.6 Å². The highest BCUT2D eigenvalue weighted by atomic mass is 16.6. The zero-order chi connectivity index (χ0) is 15.9. The molecule has 0 aromatic carbocycles. The van der Waals surface area contributed by atoms with Crippen molar-refractivity contribution in [3.8, 4) is 0 Å². The van der Waals surface area contributed by atoms with E-state index in [9.17, 15) is 4.79 Å². The van der Waals surface area contributed by atoms with Gasteiger partial charge in [0.2, 0.25) is 0 Å². The summed E-state index contributed by atoms with van der Waals surface area (Å²) in [6.45, 7) is 7.36. The fourth-order valence-corrected chi connectivity index (χ4v) is 4.17. The number of likely N-dealkylation sites (tertiary alicyclic amines) is 1. The molecule has 7 heteroatoms. The highest BCUT2D eigenvalue weighted by Crippen LogP contribution is 2.37. The minimum Gasteiger partial charge on any atom is -0.375 e. The Balaban J connectivity index is 1.30. The van der Waals surface area contributed by atoms with Crippen molar-refractivity contribution in [2.24, 2.45) is 0 Å². The lowest BCUT2D eigenvalue weighted by Crippen LogP contribution is -2.50. The number of nitrogens with one attached hydrogen (secondary N) is 1. The van der Waals surface area contributed by atoms with Gasteiger partial charge in [0.05, 0.1) is 19.3 Å². The van der Waals surface area contributed by atoms with Crippen molar-refractivity contribution in [2.45, 2.75) is 56.8 Å². The smallest absolute Gasteiger partial charge is 0.343 e. The molecule has 1 unspecified atom stereocenters. The van der Waals surface area contributed by atoms with Crippen molar-refractivity contribution in [2.75, 3.05) is 32.8 Å². The molecule has 0 saturated carbocycles. The van der Waals surface area contributed by atoms with E-state index in [0.717, 1.165) is 64.4 Å². The van der Waals surface area contributed by atoms with Crippen molar-refractivity contribution in [3.05, 3.63) is 16.3 Å². The first-order valence-corrected chi connectivity index (χ1v) is 8.82. The van der Waals surface area contributed by atoms with Gasteiger partial charge in [0, 0.05) is 19.0 Å². The monoisotopic (exact) mass is 322 g/mol. The molecule has 0 bridgehead atoms. The van der Waals surface area contributed by atoms with E-state index in [2.05, 4.69) is 15.1 Å². The van der Waals surface area contributed by atoms with Gasteiger partial charge >= 0.3 is 5.69 Å². The Bertz CT molecular complexity index is 599. The second-order valence-electron chi connectivity index (χ2n) is 7.16. The van der Waals surface area contributed by atoms with Crippen LogP contribution in [-0.2, 0) is 16.0 Å². The third-order valence-corrected chi connectivity index (χ3v) is 5.59. The molecular weight excluding hydrogens is 296 g/mol. The van der Waals surface area contributed by atoms with Gasteiger partial charge in [0.1, 0.15) is 11.4 Å². The van der Waals surface area contributed by atoms with Crippen LogP contribution in [0.25, 0.3) is 0 Å². The van der Waals surface area contributed by atoms with Gasteiger partial charge in [-0.2, -0.15) is 5.10 Å². The number of ether oxygens (including phenoxy) is 2. The van der Waals surface area contributed by atoms with Gasteiger partial charge < -0.3 is 14.4 Å². The standard InChI is InChI=1S/C16H26N4O3/c1-2-20-14(17-18-15(20)21)12-4-7-19(8-5-12)9-13-3-6-16(23-13)10-22-11-16/h12-13H,2-11H2,1H3,(H,18,21). The second kappa shape index (κ2) is 6.03. The number of hydrogen-bond donors (Lipinski definition) is 1. The minimum absolute atomic E-state index is 0.0508. The van der Waals surface area contributed by atoms with Crippen LogP contribution in [0.2, 0.25) is 0 Å². The Morgan fingerprint density at radius 1 is 1.30 bits per heavy atom. The van der Waals surface area contributed by atoms with Crippen LogP contribution in [0.1, 0.15) is 44.3 Å². The van der Waals surface area contributed by atoms with Crippen LogP contribution >= 0.6 is 0 Å². The van der Waals surface area contributed by atoms with E-state index in [1.807, 2.05) is 6.92 Å². The lowest BCUT2D eigenvalue weighted by Gasteiger charge is -2.38. The first-order valence-electron chi connectivity index (χ1n) is 8.82. The summed E-state index contributed by atoms with van der Waals surface area (Å²) in [6.07, 6.45) is 4.77. The maximum Gasteiger partial charge on any atom is 0.343 e. The Morgan fingerprint density at radius 3 is 2.70 bits per heavy atom. The Hall–Kier alpha value is -1.18.